The van der Waals surface area contributed by atoms with Gasteiger partial charge in [-0.15, -0.1) is 5.10 Å². The molecule has 9 heteroatoms. The zero-order valence-electron chi connectivity index (χ0n) is 10.4. The Bertz CT molecular complexity index is 502. The molecule has 0 saturated carbocycles. The van der Waals surface area contributed by atoms with Crippen LogP contribution >= 0.6 is 12.2 Å². The number of rotatable bonds is 2. The van der Waals surface area contributed by atoms with Crippen LogP contribution in [0.15, 0.2) is 0 Å². The molecule has 1 aromatic heterocycles. The van der Waals surface area contributed by atoms with Crippen LogP contribution in [0.5, 0.6) is 0 Å². The van der Waals surface area contributed by atoms with Gasteiger partial charge in [0.15, 0.2) is 4.77 Å². The molecule has 1 saturated heterocycles. The van der Waals surface area contributed by atoms with Crippen LogP contribution in [-0.2, 0) is 19.9 Å². The molecule has 0 atom stereocenters. The molecule has 1 fully saturated rings. The van der Waals surface area contributed by atoms with Crippen LogP contribution in [0.25, 0.3) is 0 Å². The normalized spacial score (nSPS) is 19.0. The van der Waals surface area contributed by atoms with Crippen LogP contribution in [0.1, 0.15) is 18.7 Å². The Balaban J connectivity index is 2.16. The summed E-state index contributed by atoms with van der Waals surface area (Å²) in [5.41, 5.74) is 0. The second kappa shape index (κ2) is 5.22. The Morgan fingerprint density at radius 3 is 2.42 bits per heavy atom. The lowest BCUT2D eigenvalue weighted by Crippen LogP contribution is -2.37. The van der Waals surface area contributed by atoms with Crippen molar-refractivity contribution in [3.8, 4) is 0 Å². The molecule has 0 bridgehead atoms. The summed E-state index contributed by atoms with van der Waals surface area (Å²) in [4.78, 5) is 1.93. The topological polar surface area (TPSA) is 46.2 Å². The van der Waals surface area contributed by atoms with Gasteiger partial charge < -0.3 is 5.11 Å². The number of likely N-dealkylation sites (tertiary alicyclic amines) is 1. The number of aliphatic hydroxyl groups is 1. The third-order valence-corrected chi connectivity index (χ3v) is 3.67. The summed E-state index contributed by atoms with van der Waals surface area (Å²) in [5.74, 6) is -0.991. The van der Waals surface area contributed by atoms with E-state index in [-0.39, 0.29) is 17.5 Å². The smallest absolute Gasteiger partial charge is 0.393 e. The van der Waals surface area contributed by atoms with E-state index in [4.69, 9.17) is 12.2 Å². The average Bonchev–Trinajstić information content (AvgIpc) is 2.60. The highest BCUT2D eigenvalue weighted by Gasteiger charge is 2.37. The van der Waals surface area contributed by atoms with Gasteiger partial charge in [-0.1, -0.05) is 0 Å². The zero-order valence-corrected chi connectivity index (χ0v) is 11.2. The summed E-state index contributed by atoms with van der Waals surface area (Å²) in [6.45, 7) is 1.47. The summed E-state index contributed by atoms with van der Waals surface area (Å²) < 4.78 is 40.1. The van der Waals surface area contributed by atoms with Gasteiger partial charge >= 0.3 is 6.18 Å². The predicted octanol–water partition coefficient (Wildman–Crippen LogP) is 1.38. The first-order valence-electron chi connectivity index (χ1n) is 5.90. The highest BCUT2D eigenvalue weighted by atomic mass is 32.1. The molecule has 19 heavy (non-hydrogen) atoms. The highest BCUT2D eigenvalue weighted by molar-refractivity contribution is 7.71. The van der Waals surface area contributed by atoms with E-state index in [1.807, 2.05) is 4.90 Å². The minimum atomic E-state index is -4.51. The quantitative estimate of drug-likeness (QED) is 0.838. The summed E-state index contributed by atoms with van der Waals surface area (Å²) in [6.07, 6.45) is -3.59. The van der Waals surface area contributed by atoms with Crippen molar-refractivity contribution in [3.63, 3.8) is 0 Å². The molecule has 0 aliphatic carbocycles. The van der Waals surface area contributed by atoms with Crippen molar-refractivity contribution >= 4 is 12.2 Å². The Labute approximate surface area is 113 Å². The summed E-state index contributed by atoms with van der Waals surface area (Å²) in [5, 5.41) is 12.9. The van der Waals surface area contributed by atoms with Gasteiger partial charge in [0.25, 0.3) is 0 Å². The van der Waals surface area contributed by atoms with E-state index >= 15 is 0 Å². The monoisotopic (exact) mass is 296 g/mol. The fourth-order valence-corrected chi connectivity index (χ4v) is 2.26. The largest absolute Gasteiger partial charge is 0.451 e. The molecule has 108 valence electrons. The number of hydrogen-bond donors (Lipinski definition) is 1. The first-order valence-corrected chi connectivity index (χ1v) is 6.31. The number of hydrogen-bond acceptors (Lipinski definition) is 4. The number of alkyl halides is 3. The molecular weight excluding hydrogens is 281 g/mol. The van der Waals surface area contributed by atoms with Gasteiger partial charge in [0, 0.05) is 20.1 Å². The maximum Gasteiger partial charge on any atom is 0.451 e. The third-order valence-electron chi connectivity index (χ3n) is 3.19. The zero-order chi connectivity index (χ0) is 14.2. The van der Waals surface area contributed by atoms with Crippen molar-refractivity contribution in [1.82, 2.24) is 19.2 Å². The minimum absolute atomic E-state index is 0.0402. The molecule has 1 aliphatic rings. The predicted molar refractivity (Wildman–Crippen MR) is 63.8 cm³/mol. The lowest BCUT2D eigenvalue weighted by Gasteiger charge is -2.28. The molecule has 0 radical (unpaired) electrons. The standard InChI is InChI=1S/C10H15F3N4OS/c1-15-8(10(11,12)13)14-17(9(15)19)6-16-4-2-7(18)3-5-16/h7,18H,2-6H2,1H3. The molecule has 0 spiro atoms. The lowest BCUT2D eigenvalue weighted by atomic mass is 10.1. The van der Waals surface area contributed by atoms with E-state index in [0.29, 0.717) is 25.9 Å². The SMILES string of the molecule is Cn1c(C(F)(F)F)nn(CN2CCC(O)CC2)c1=S. The van der Waals surface area contributed by atoms with Gasteiger partial charge in [0.05, 0.1) is 12.8 Å². The van der Waals surface area contributed by atoms with E-state index in [2.05, 4.69) is 5.10 Å². The minimum Gasteiger partial charge on any atom is -0.393 e. The van der Waals surface area contributed by atoms with Crippen molar-refractivity contribution in [1.29, 1.82) is 0 Å². The van der Waals surface area contributed by atoms with Gasteiger partial charge in [-0.2, -0.15) is 13.2 Å². The van der Waals surface area contributed by atoms with Crippen LogP contribution in [0, 0.1) is 4.77 Å². The summed E-state index contributed by atoms with van der Waals surface area (Å²) >= 11 is 4.96. The van der Waals surface area contributed by atoms with Gasteiger partial charge in [0.1, 0.15) is 0 Å². The van der Waals surface area contributed by atoms with Gasteiger partial charge in [-0.25, -0.2) is 4.68 Å². The number of halogens is 3. The van der Waals surface area contributed by atoms with Crippen LogP contribution in [0.2, 0.25) is 0 Å². The van der Waals surface area contributed by atoms with E-state index in [0.717, 1.165) is 4.57 Å². The van der Waals surface area contributed by atoms with Gasteiger partial charge in [-0.05, 0) is 25.1 Å². The van der Waals surface area contributed by atoms with Gasteiger partial charge in [0.2, 0.25) is 5.82 Å². The van der Waals surface area contributed by atoms with E-state index in [1.165, 1.54) is 11.7 Å². The van der Waals surface area contributed by atoms with E-state index < -0.39 is 12.0 Å². The van der Waals surface area contributed by atoms with Crippen molar-refractivity contribution in [2.45, 2.75) is 31.8 Å². The molecular formula is C10H15F3N4OS. The average molecular weight is 296 g/mol. The van der Waals surface area contributed by atoms with Crippen LogP contribution in [-0.4, -0.2) is 43.5 Å². The Morgan fingerprint density at radius 2 is 1.95 bits per heavy atom. The molecule has 0 aromatic carbocycles. The molecule has 1 N–H and O–H groups in total. The number of aromatic nitrogens is 3. The van der Waals surface area contributed by atoms with E-state index in [1.54, 1.807) is 0 Å². The lowest BCUT2D eigenvalue weighted by molar-refractivity contribution is -0.147. The maximum atomic E-state index is 12.7. The molecule has 1 aliphatic heterocycles. The third kappa shape index (κ3) is 3.15. The van der Waals surface area contributed by atoms with E-state index in [9.17, 15) is 18.3 Å². The maximum absolute atomic E-state index is 12.7. The van der Waals surface area contributed by atoms with Crippen LogP contribution < -0.4 is 0 Å². The number of aliphatic hydroxyl groups excluding tert-OH is 1. The first-order chi connectivity index (χ1) is 8.79. The molecule has 5 nitrogen and oxygen atoms in total. The number of piperidine rings is 1. The second-order valence-corrected chi connectivity index (χ2v) is 5.02. The Kier molecular flexibility index (Phi) is 3.98. The molecule has 0 amide bonds. The first kappa shape index (κ1) is 14.5. The van der Waals surface area contributed by atoms with Crippen molar-refractivity contribution in [2.24, 2.45) is 7.05 Å². The summed E-state index contributed by atoms with van der Waals surface area (Å²) in [7, 11) is 1.26. The fraction of sp³-hybridized carbons (Fsp3) is 0.800. The molecule has 2 rings (SSSR count). The Morgan fingerprint density at radius 1 is 1.37 bits per heavy atom. The van der Waals surface area contributed by atoms with Crippen LogP contribution in [0.4, 0.5) is 13.2 Å². The van der Waals surface area contributed by atoms with Crippen molar-refractivity contribution < 1.29 is 18.3 Å². The highest BCUT2D eigenvalue weighted by Crippen LogP contribution is 2.27. The molecule has 1 aromatic rings. The van der Waals surface area contributed by atoms with Crippen molar-refractivity contribution in [3.05, 3.63) is 10.6 Å². The van der Waals surface area contributed by atoms with Crippen molar-refractivity contribution in [2.75, 3.05) is 13.1 Å². The molecule has 0 unspecified atom stereocenters. The second-order valence-electron chi connectivity index (χ2n) is 4.65. The Hall–Kier alpha value is -0.930. The van der Waals surface area contributed by atoms with Crippen LogP contribution in [0.3, 0.4) is 0 Å². The fourth-order valence-electron chi connectivity index (χ4n) is 2.08. The molecule has 2 heterocycles. The summed E-state index contributed by atoms with van der Waals surface area (Å²) in [6, 6.07) is 0. The number of nitrogens with zero attached hydrogens (tertiary/aromatic N) is 4. The van der Waals surface area contributed by atoms with Gasteiger partial charge in [-0.3, -0.25) is 9.47 Å².